The van der Waals surface area contributed by atoms with E-state index in [2.05, 4.69) is 14.7 Å². The van der Waals surface area contributed by atoms with Gasteiger partial charge in [0.2, 0.25) is 0 Å². The summed E-state index contributed by atoms with van der Waals surface area (Å²) in [4.78, 5) is 18.4. The first-order chi connectivity index (χ1) is 14.2. The Bertz CT molecular complexity index is 1250. The van der Waals surface area contributed by atoms with Crippen molar-refractivity contribution < 1.29 is 32.2 Å². The van der Waals surface area contributed by atoms with E-state index in [0.717, 1.165) is 12.1 Å². The van der Waals surface area contributed by atoms with Crippen LogP contribution in [0.15, 0.2) is 60.7 Å². The number of hydrogen-bond acceptors (Lipinski definition) is 3. The molecule has 0 radical (unpaired) electrons. The molecule has 0 atom stereocenters. The number of carbonyl (C=O) groups is 1. The van der Waals surface area contributed by atoms with Crippen LogP contribution in [-0.4, -0.2) is 27.4 Å². The van der Waals surface area contributed by atoms with E-state index in [-0.39, 0.29) is 11.3 Å². The van der Waals surface area contributed by atoms with Crippen molar-refractivity contribution in [3.8, 4) is 28.3 Å². The van der Waals surface area contributed by atoms with Crippen LogP contribution in [0.1, 0.15) is 10.4 Å². The van der Waals surface area contributed by atoms with Gasteiger partial charge in [0, 0.05) is 5.56 Å². The Morgan fingerprint density at radius 3 is 2.30 bits per heavy atom. The van der Waals surface area contributed by atoms with Crippen LogP contribution in [0.2, 0.25) is 0 Å². The number of aromatic carboxylic acids is 1. The van der Waals surface area contributed by atoms with Crippen LogP contribution < -0.4 is 4.74 Å². The van der Waals surface area contributed by atoms with Gasteiger partial charge in [-0.1, -0.05) is 12.1 Å². The smallest absolute Gasteiger partial charge is 0.478 e. The van der Waals surface area contributed by atoms with Crippen molar-refractivity contribution in [1.29, 1.82) is 0 Å². The lowest BCUT2D eigenvalue weighted by Gasteiger charge is -2.10. The predicted molar refractivity (Wildman–Crippen MR) is 101 cm³/mol. The summed E-state index contributed by atoms with van der Waals surface area (Å²) in [6, 6.07) is 13.6. The summed E-state index contributed by atoms with van der Waals surface area (Å²) in [5, 5.41) is 9.09. The second-order valence-corrected chi connectivity index (χ2v) is 6.42. The normalized spacial score (nSPS) is 11.6. The first kappa shape index (κ1) is 19.4. The highest BCUT2D eigenvalue weighted by Gasteiger charge is 2.31. The van der Waals surface area contributed by atoms with E-state index in [0.29, 0.717) is 33.5 Å². The second kappa shape index (κ2) is 7.18. The molecule has 0 saturated carbocycles. The van der Waals surface area contributed by atoms with Crippen LogP contribution in [0.3, 0.4) is 0 Å². The molecule has 0 bridgehead atoms. The molecule has 0 saturated heterocycles. The van der Waals surface area contributed by atoms with Crippen LogP contribution >= 0.6 is 0 Å². The lowest BCUT2D eigenvalue weighted by molar-refractivity contribution is -0.274. The number of fused-ring (bicyclic) bond motifs is 1. The van der Waals surface area contributed by atoms with Gasteiger partial charge in [-0.15, -0.1) is 13.2 Å². The standard InChI is InChI=1S/C21H12F4N2O3/c22-15-8-13(11-1-4-16(5-2-11)30-21(23,24)25)7-14(9-15)19-26-17-6-3-12(20(28)29)10-18(17)27-19/h1-10H,(H,26,27)(H,28,29). The van der Waals surface area contributed by atoms with Crippen LogP contribution in [0.4, 0.5) is 17.6 Å². The topological polar surface area (TPSA) is 75.2 Å². The number of hydrogen-bond donors (Lipinski definition) is 2. The average Bonchev–Trinajstić information content (AvgIpc) is 3.10. The molecule has 5 nitrogen and oxygen atoms in total. The molecule has 1 heterocycles. The monoisotopic (exact) mass is 416 g/mol. The quantitative estimate of drug-likeness (QED) is 0.423. The number of carboxylic acid groups (broad SMARTS) is 1. The van der Waals surface area contributed by atoms with Gasteiger partial charge in [-0.25, -0.2) is 14.2 Å². The molecule has 3 aromatic carbocycles. The van der Waals surface area contributed by atoms with E-state index in [9.17, 15) is 22.4 Å². The van der Waals surface area contributed by atoms with Crippen molar-refractivity contribution in [2.45, 2.75) is 6.36 Å². The number of aromatic amines is 1. The van der Waals surface area contributed by atoms with Gasteiger partial charge in [0.05, 0.1) is 16.6 Å². The lowest BCUT2D eigenvalue weighted by Crippen LogP contribution is -2.16. The summed E-state index contributed by atoms with van der Waals surface area (Å²) in [5.41, 5.74) is 2.37. The number of carboxylic acids is 1. The Labute approximate surface area is 166 Å². The molecule has 0 aliphatic heterocycles. The third-order valence-electron chi connectivity index (χ3n) is 4.32. The van der Waals surface area contributed by atoms with Crippen LogP contribution in [0, 0.1) is 5.82 Å². The summed E-state index contributed by atoms with van der Waals surface area (Å²) < 4.78 is 55.0. The number of ether oxygens (including phenoxy) is 1. The molecular formula is C21H12F4N2O3. The third kappa shape index (κ3) is 4.09. The Morgan fingerprint density at radius 2 is 1.63 bits per heavy atom. The average molecular weight is 416 g/mol. The molecule has 0 aliphatic carbocycles. The highest BCUT2D eigenvalue weighted by Crippen LogP contribution is 2.30. The number of aromatic nitrogens is 2. The fourth-order valence-electron chi connectivity index (χ4n) is 3.02. The van der Waals surface area contributed by atoms with Crippen LogP contribution in [0.25, 0.3) is 33.5 Å². The molecule has 2 N–H and O–H groups in total. The zero-order chi connectivity index (χ0) is 21.5. The van der Waals surface area contributed by atoms with Crippen molar-refractivity contribution in [2.24, 2.45) is 0 Å². The zero-order valence-electron chi connectivity index (χ0n) is 15.0. The molecule has 4 aromatic rings. The largest absolute Gasteiger partial charge is 0.573 e. The molecule has 30 heavy (non-hydrogen) atoms. The first-order valence-electron chi connectivity index (χ1n) is 8.58. The van der Waals surface area contributed by atoms with Gasteiger partial charge in [-0.3, -0.25) is 0 Å². The minimum atomic E-state index is -4.80. The number of H-pyrrole nitrogens is 1. The number of halogens is 4. The van der Waals surface area contributed by atoms with Gasteiger partial charge in [0.1, 0.15) is 17.4 Å². The minimum Gasteiger partial charge on any atom is -0.478 e. The first-order valence-corrected chi connectivity index (χ1v) is 8.58. The Kier molecular flexibility index (Phi) is 4.65. The molecule has 4 rings (SSSR count). The third-order valence-corrected chi connectivity index (χ3v) is 4.32. The van der Waals surface area contributed by atoms with Crippen molar-refractivity contribution in [3.05, 3.63) is 72.0 Å². The molecule has 9 heteroatoms. The van der Waals surface area contributed by atoms with E-state index in [1.165, 1.54) is 36.4 Å². The Balaban J connectivity index is 1.70. The predicted octanol–water partition coefficient (Wildman–Crippen LogP) is 5.63. The molecule has 0 spiro atoms. The van der Waals surface area contributed by atoms with E-state index < -0.39 is 18.1 Å². The number of benzene rings is 3. The maximum absolute atomic E-state index is 14.2. The van der Waals surface area contributed by atoms with E-state index in [4.69, 9.17) is 5.11 Å². The van der Waals surface area contributed by atoms with Gasteiger partial charge in [0.25, 0.3) is 0 Å². The van der Waals surface area contributed by atoms with Crippen molar-refractivity contribution in [1.82, 2.24) is 9.97 Å². The minimum absolute atomic E-state index is 0.0822. The van der Waals surface area contributed by atoms with Gasteiger partial charge in [-0.05, 0) is 59.7 Å². The maximum atomic E-state index is 14.2. The maximum Gasteiger partial charge on any atom is 0.573 e. The molecule has 0 unspecified atom stereocenters. The van der Waals surface area contributed by atoms with Crippen molar-refractivity contribution >= 4 is 17.0 Å². The summed E-state index contributed by atoms with van der Waals surface area (Å²) >= 11 is 0. The SMILES string of the molecule is O=C(O)c1ccc2nc(-c3cc(F)cc(-c4ccc(OC(F)(F)F)cc4)c3)[nH]c2c1. The van der Waals surface area contributed by atoms with E-state index in [1.807, 2.05) is 0 Å². The molecule has 0 fully saturated rings. The fourth-order valence-corrected chi connectivity index (χ4v) is 3.02. The van der Waals surface area contributed by atoms with E-state index in [1.54, 1.807) is 12.1 Å². The Morgan fingerprint density at radius 1 is 0.933 bits per heavy atom. The number of alkyl halides is 3. The molecule has 1 aromatic heterocycles. The lowest BCUT2D eigenvalue weighted by atomic mass is 10.0. The number of rotatable bonds is 4. The van der Waals surface area contributed by atoms with Crippen molar-refractivity contribution in [2.75, 3.05) is 0 Å². The molecule has 152 valence electrons. The summed E-state index contributed by atoms with van der Waals surface area (Å²) in [6.07, 6.45) is -4.80. The molecule has 0 amide bonds. The zero-order valence-corrected chi connectivity index (χ0v) is 15.0. The highest BCUT2D eigenvalue weighted by molar-refractivity contribution is 5.93. The van der Waals surface area contributed by atoms with Gasteiger partial charge in [0.15, 0.2) is 0 Å². The van der Waals surface area contributed by atoms with E-state index >= 15 is 0 Å². The Hall–Kier alpha value is -3.88. The number of nitrogens with one attached hydrogen (secondary N) is 1. The highest BCUT2D eigenvalue weighted by atomic mass is 19.4. The fraction of sp³-hybridized carbons (Fsp3) is 0.0476. The summed E-state index contributed by atoms with van der Waals surface area (Å²) in [7, 11) is 0. The number of imidazole rings is 1. The second-order valence-electron chi connectivity index (χ2n) is 6.42. The van der Waals surface area contributed by atoms with Crippen molar-refractivity contribution in [3.63, 3.8) is 0 Å². The molecular weight excluding hydrogens is 404 g/mol. The molecule has 0 aliphatic rings. The van der Waals surface area contributed by atoms with Crippen LogP contribution in [0.5, 0.6) is 5.75 Å². The number of nitrogens with zero attached hydrogens (tertiary/aromatic N) is 1. The van der Waals surface area contributed by atoms with Gasteiger partial charge < -0.3 is 14.8 Å². The van der Waals surface area contributed by atoms with Crippen LogP contribution in [-0.2, 0) is 0 Å². The van der Waals surface area contributed by atoms with Gasteiger partial charge in [-0.2, -0.15) is 0 Å². The van der Waals surface area contributed by atoms with Gasteiger partial charge >= 0.3 is 12.3 Å². The summed E-state index contributed by atoms with van der Waals surface area (Å²) in [6.45, 7) is 0. The summed E-state index contributed by atoms with van der Waals surface area (Å²) in [5.74, 6) is -1.71.